The normalized spacial score (nSPS) is 11.3. The van der Waals surface area contributed by atoms with Crippen LogP contribution in [-0.4, -0.2) is 61.0 Å². The Morgan fingerprint density at radius 2 is 1.69 bits per heavy atom. The third-order valence-corrected chi connectivity index (χ3v) is 6.29. The van der Waals surface area contributed by atoms with Crippen LogP contribution < -0.4 is 10.1 Å². The summed E-state index contributed by atoms with van der Waals surface area (Å²) in [6.45, 7) is 2.78. The number of carboxylic acid groups (broad SMARTS) is 1. The number of carbonyl (C=O) groups excluding carboxylic acids is 1. The van der Waals surface area contributed by atoms with E-state index in [4.69, 9.17) is 9.47 Å². The number of ether oxygens (including phenoxy) is 2. The number of aliphatic carboxylic acids is 1. The molecule has 0 spiro atoms. The Balaban J connectivity index is 0.00000456. The monoisotopic (exact) mass is 501 g/mol. The van der Waals surface area contributed by atoms with Gasteiger partial charge in [-0.2, -0.15) is 11.8 Å². The molecule has 0 aliphatic carbocycles. The van der Waals surface area contributed by atoms with E-state index < -0.39 is 17.9 Å². The summed E-state index contributed by atoms with van der Waals surface area (Å²) in [5, 5.41) is 12.2. The quantitative estimate of drug-likeness (QED) is 0.351. The topological polar surface area (TPSA) is 84.9 Å². The molecule has 0 fully saturated rings. The van der Waals surface area contributed by atoms with Gasteiger partial charge in [0.05, 0.1) is 20.3 Å². The fraction of sp³-hybridized carbons (Fsp3) is 0.286. The van der Waals surface area contributed by atoms with Gasteiger partial charge in [-0.3, -0.25) is 4.79 Å². The van der Waals surface area contributed by atoms with E-state index in [2.05, 4.69) is 5.32 Å². The molecule has 0 aliphatic heterocycles. The Bertz CT molecular complexity index is 1170. The molecule has 1 unspecified atom stereocenters. The van der Waals surface area contributed by atoms with Gasteiger partial charge in [-0.1, -0.05) is 42.5 Å². The summed E-state index contributed by atoms with van der Waals surface area (Å²) in [6, 6.07) is 20.1. The predicted octanol–water partition coefficient (Wildman–Crippen LogP) is 4.68. The number of nitrogens with one attached hydrogen (secondary N) is 1. The van der Waals surface area contributed by atoms with Crippen molar-refractivity contribution in [2.45, 2.75) is 32.6 Å². The van der Waals surface area contributed by atoms with Crippen molar-refractivity contribution in [3.05, 3.63) is 89.0 Å². The molecule has 0 radical (unpaired) electrons. The number of hydrogen-bond donors (Lipinski definition) is 2. The number of thioether (sulfide) groups is 1. The summed E-state index contributed by atoms with van der Waals surface area (Å²) in [5.41, 5.74) is 5.05. The number of carbonyl (C=O) groups is 2. The van der Waals surface area contributed by atoms with E-state index in [0.29, 0.717) is 31.0 Å². The number of amides is 1. The van der Waals surface area contributed by atoms with Gasteiger partial charge in [0.2, 0.25) is 0 Å². The van der Waals surface area contributed by atoms with Gasteiger partial charge in [0.25, 0.3) is 5.91 Å². The molecule has 0 saturated carbocycles. The van der Waals surface area contributed by atoms with Crippen LogP contribution in [0.2, 0.25) is 0 Å². The number of aryl methyl sites for hydroxylation is 1. The Morgan fingerprint density at radius 3 is 2.36 bits per heavy atom. The maximum absolute atomic E-state index is 13.2. The van der Waals surface area contributed by atoms with Crippen molar-refractivity contribution < 1.29 is 24.2 Å². The number of carboxylic acids is 1. The molecule has 3 aromatic rings. The van der Waals surface area contributed by atoms with Crippen molar-refractivity contribution in [2.75, 3.05) is 19.1 Å². The van der Waals surface area contributed by atoms with Crippen molar-refractivity contribution in [1.29, 1.82) is 0 Å². The molecule has 2 N–H and O–H groups in total. The van der Waals surface area contributed by atoms with Crippen LogP contribution in [0.4, 0.5) is 0 Å². The SMILES string of the molecule is COc1cccc(COCc2ccc(C(=O)NC(CCSC)C(=O)O)c(-c3ccccc3C)c2)c1.[LiH]. The van der Waals surface area contributed by atoms with Gasteiger partial charge in [-0.05, 0) is 77.4 Å². The first-order valence-corrected chi connectivity index (χ1v) is 12.7. The second kappa shape index (κ2) is 14.8. The molecule has 0 heterocycles. The second-order valence-electron chi connectivity index (χ2n) is 8.18. The fourth-order valence-corrected chi connectivity index (χ4v) is 4.23. The molecule has 6 nitrogen and oxygen atoms in total. The van der Waals surface area contributed by atoms with Crippen LogP contribution in [-0.2, 0) is 22.7 Å². The van der Waals surface area contributed by atoms with Crippen molar-refractivity contribution in [1.82, 2.24) is 5.32 Å². The molecule has 3 aromatic carbocycles. The molecule has 0 bridgehead atoms. The van der Waals surface area contributed by atoms with Crippen LogP contribution in [0.3, 0.4) is 0 Å². The first kappa shape index (κ1) is 29.5. The number of hydrogen-bond acceptors (Lipinski definition) is 5. The first-order valence-electron chi connectivity index (χ1n) is 11.3. The minimum atomic E-state index is -1.03. The maximum atomic E-state index is 13.2. The zero-order valence-electron chi connectivity index (χ0n) is 20.2. The molecular weight excluding hydrogens is 469 g/mol. The molecule has 36 heavy (non-hydrogen) atoms. The standard InChI is InChI=1S/C28H31NO5S.Li.H/c1-19-7-4-5-10-23(19)25-16-21(18-34-17-20-8-6-9-22(15-20)33-2)11-12-24(25)27(30)29-26(28(31)32)13-14-35-3;;/h4-12,15-16,26H,13-14,17-18H2,1-3H3,(H,29,30)(H,31,32);;. The van der Waals surface area contributed by atoms with E-state index in [-0.39, 0.29) is 18.9 Å². The van der Waals surface area contributed by atoms with Crippen molar-refractivity contribution in [3.8, 4) is 16.9 Å². The van der Waals surface area contributed by atoms with Crippen LogP contribution in [0.5, 0.6) is 5.75 Å². The molecule has 3 rings (SSSR count). The molecule has 1 atom stereocenters. The van der Waals surface area contributed by atoms with E-state index >= 15 is 0 Å². The third-order valence-electron chi connectivity index (χ3n) is 5.65. The van der Waals surface area contributed by atoms with Gasteiger partial charge >= 0.3 is 24.8 Å². The minimum absolute atomic E-state index is 0. The van der Waals surface area contributed by atoms with E-state index in [0.717, 1.165) is 33.6 Å². The van der Waals surface area contributed by atoms with Crippen LogP contribution >= 0.6 is 11.8 Å². The molecule has 0 aliphatic rings. The Morgan fingerprint density at radius 1 is 0.972 bits per heavy atom. The van der Waals surface area contributed by atoms with Gasteiger partial charge in [0.15, 0.2) is 0 Å². The van der Waals surface area contributed by atoms with E-state index in [1.165, 1.54) is 0 Å². The average Bonchev–Trinajstić information content (AvgIpc) is 2.86. The number of benzene rings is 3. The summed E-state index contributed by atoms with van der Waals surface area (Å²) in [5.74, 6) is -0.0145. The molecule has 8 heteroatoms. The average molecular weight is 502 g/mol. The summed E-state index contributed by atoms with van der Waals surface area (Å²) in [6.07, 6.45) is 2.27. The number of rotatable bonds is 12. The van der Waals surface area contributed by atoms with Crippen molar-refractivity contribution >= 4 is 42.5 Å². The van der Waals surface area contributed by atoms with Gasteiger partial charge in [-0.25, -0.2) is 4.79 Å². The van der Waals surface area contributed by atoms with E-state index in [9.17, 15) is 14.7 Å². The molecular formula is C28H32LiNO5S. The van der Waals surface area contributed by atoms with Gasteiger partial charge in [0, 0.05) is 5.56 Å². The summed E-state index contributed by atoms with van der Waals surface area (Å²) < 4.78 is 11.2. The molecule has 0 saturated heterocycles. The van der Waals surface area contributed by atoms with Crippen LogP contribution in [0, 0.1) is 6.92 Å². The molecule has 0 aromatic heterocycles. The predicted molar refractivity (Wildman–Crippen MR) is 147 cm³/mol. The second-order valence-corrected chi connectivity index (χ2v) is 9.17. The summed E-state index contributed by atoms with van der Waals surface area (Å²) in [7, 11) is 1.63. The van der Waals surface area contributed by atoms with E-state index in [1.807, 2.05) is 73.8 Å². The van der Waals surface area contributed by atoms with Crippen molar-refractivity contribution in [2.24, 2.45) is 0 Å². The van der Waals surface area contributed by atoms with Gasteiger partial charge in [-0.15, -0.1) is 0 Å². The zero-order chi connectivity index (χ0) is 25.2. The third kappa shape index (κ3) is 8.18. The van der Waals surface area contributed by atoms with Crippen LogP contribution in [0.15, 0.2) is 66.7 Å². The summed E-state index contributed by atoms with van der Waals surface area (Å²) >= 11 is 1.55. The van der Waals surface area contributed by atoms with Crippen molar-refractivity contribution in [3.63, 3.8) is 0 Å². The Kier molecular flexibility index (Phi) is 12.1. The van der Waals surface area contributed by atoms with Crippen LogP contribution in [0.1, 0.15) is 33.5 Å². The van der Waals surface area contributed by atoms with E-state index in [1.54, 1.807) is 24.9 Å². The zero-order valence-corrected chi connectivity index (χ0v) is 21.1. The van der Waals surface area contributed by atoms with Crippen LogP contribution in [0.25, 0.3) is 11.1 Å². The molecule has 1 amide bonds. The first-order chi connectivity index (χ1) is 16.9. The summed E-state index contributed by atoms with van der Waals surface area (Å²) in [4.78, 5) is 24.8. The number of methoxy groups -OCH3 is 1. The fourth-order valence-electron chi connectivity index (χ4n) is 3.76. The Hall–Kier alpha value is -2.69. The van der Waals surface area contributed by atoms with Gasteiger partial charge in [0.1, 0.15) is 11.8 Å². The molecule has 186 valence electrons. The van der Waals surface area contributed by atoms with Gasteiger partial charge < -0.3 is 19.9 Å². The Labute approximate surface area is 229 Å².